The number of rotatable bonds is 2. The molecule has 2 rings (SSSR count). The molecule has 2 atom stereocenters. The van der Waals surface area contributed by atoms with Crippen LogP contribution in [0.5, 0.6) is 0 Å². The van der Waals surface area contributed by atoms with E-state index in [1.807, 2.05) is 0 Å². The minimum absolute atomic E-state index is 0.243. The number of hydrogen-bond acceptors (Lipinski definition) is 3. The van der Waals surface area contributed by atoms with Crippen molar-refractivity contribution in [1.29, 1.82) is 0 Å². The van der Waals surface area contributed by atoms with Crippen molar-refractivity contribution < 1.29 is 18.3 Å². The summed E-state index contributed by atoms with van der Waals surface area (Å²) in [5, 5.41) is 3.03. The fraction of sp³-hybridized carbons (Fsp3) is 0.417. The highest BCUT2D eigenvalue weighted by molar-refractivity contribution is 5.74. The minimum atomic E-state index is -0.629. The smallest absolute Gasteiger partial charge is 0.310 e. The molecule has 1 heterocycles. The van der Waals surface area contributed by atoms with Crippen LogP contribution in [-0.2, 0) is 9.53 Å². The van der Waals surface area contributed by atoms with Crippen LogP contribution in [-0.4, -0.2) is 26.2 Å². The second-order valence-corrected chi connectivity index (χ2v) is 4.10. The Morgan fingerprint density at radius 2 is 1.94 bits per heavy atom. The Kier molecular flexibility index (Phi) is 3.38. The lowest BCUT2D eigenvalue weighted by atomic mass is 9.89. The van der Waals surface area contributed by atoms with Gasteiger partial charge in [0.1, 0.15) is 11.6 Å². The zero-order valence-electron chi connectivity index (χ0n) is 9.37. The molecule has 92 valence electrons. The summed E-state index contributed by atoms with van der Waals surface area (Å²) >= 11 is 0. The fourth-order valence-electron chi connectivity index (χ4n) is 2.22. The number of ether oxygens (including phenoxy) is 1. The zero-order valence-corrected chi connectivity index (χ0v) is 9.37. The average Bonchev–Trinajstić information content (AvgIpc) is 2.75. The molecule has 17 heavy (non-hydrogen) atoms. The van der Waals surface area contributed by atoms with Crippen LogP contribution in [0.4, 0.5) is 8.78 Å². The highest BCUT2D eigenvalue weighted by Crippen LogP contribution is 2.29. The summed E-state index contributed by atoms with van der Waals surface area (Å²) in [6.07, 6.45) is 0. The monoisotopic (exact) mass is 241 g/mol. The Bertz CT molecular complexity index is 416. The van der Waals surface area contributed by atoms with Gasteiger partial charge >= 0.3 is 5.97 Å². The normalized spacial score (nSPS) is 23.7. The van der Waals surface area contributed by atoms with Gasteiger partial charge in [-0.1, -0.05) is 0 Å². The third-order valence-corrected chi connectivity index (χ3v) is 3.03. The van der Waals surface area contributed by atoms with E-state index in [1.54, 1.807) is 0 Å². The second-order valence-electron chi connectivity index (χ2n) is 4.10. The predicted octanol–water partition coefficient (Wildman–Crippen LogP) is 1.44. The molecule has 1 aromatic rings. The molecule has 1 saturated heterocycles. The van der Waals surface area contributed by atoms with Crippen molar-refractivity contribution in [2.24, 2.45) is 5.92 Å². The largest absolute Gasteiger partial charge is 0.469 e. The van der Waals surface area contributed by atoms with Crippen molar-refractivity contribution in [1.82, 2.24) is 5.32 Å². The van der Waals surface area contributed by atoms with Gasteiger partial charge in [0.2, 0.25) is 0 Å². The van der Waals surface area contributed by atoms with E-state index in [2.05, 4.69) is 10.1 Å². The number of carbonyl (C=O) groups is 1. The molecule has 0 aliphatic carbocycles. The van der Waals surface area contributed by atoms with Crippen molar-refractivity contribution in [2.45, 2.75) is 5.92 Å². The molecule has 0 amide bonds. The molecule has 1 N–H and O–H groups in total. The third kappa shape index (κ3) is 2.44. The Balaban J connectivity index is 2.28. The first-order valence-electron chi connectivity index (χ1n) is 5.36. The highest BCUT2D eigenvalue weighted by Gasteiger charge is 2.35. The van der Waals surface area contributed by atoms with Crippen molar-refractivity contribution in [2.75, 3.05) is 20.2 Å². The quantitative estimate of drug-likeness (QED) is 0.796. The molecular formula is C12H13F2NO2. The Labute approximate surface area is 97.8 Å². The van der Waals surface area contributed by atoms with Gasteiger partial charge in [-0.2, -0.15) is 0 Å². The van der Waals surface area contributed by atoms with Crippen LogP contribution in [0.15, 0.2) is 18.2 Å². The van der Waals surface area contributed by atoms with Crippen molar-refractivity contribution in [3.63, 3.8) is 0 Å². The Morgan fingerprint density at radius 3 is 2.53 bits per heavy atom. The van der Waals surface area contributed by atoms with Crippen LogP contribution < -0.4 is 5.32 Å². The van der Waals surface area contributed by atoms with Crippen molar-refractivity contribution in [3.05, 3.63) is 35.4 Å². The molecule has 2 unspecified atom stereocenters. The first kappa shape index (κ1) is 12.0. The molecule has 0 aromatic heterocycles. The molecule has 5 heteroatoms. The number of hydrogen-bond donors (Lipinski definition) is 1. The molecule has 3 nitrogen and oxygen atoms in total. The predicted molar refractivity (Wildman–Crippen MR) is 57.5 cm³/mol. The lowest BCUT2D eigenvalue weighted by Gasteiger charge is -2.16. The van der Waals surface area contributed by atoms with Gasteiger partial charge in [-0.05, 0) is 17.7 Å². The van der Waals surface area contributed by atoms with Crippen LogP contribution >= 0.6 is 0 Å². The van der Waals surface area contributed by atoms with E-state index in [0.29, 0.717) is 18.7 Å². The summed E-state index contributed by atoms with van der Waals surface area (Å²) in [7, 11) is 1.31. The number of methoxy groups -OCH3 is 1. The van der Waals surface area contributed by atoms with Crippen LogP contribution in [0.3, 0.4) is 0 Å². The van der Waals surface area contributed by atoms with Gasteiger partial charge < -0.3 is 10.1 Å². The van der Waals surface area contributed by atoms with E-state index in [-0.39, 0.29) is 17.8 Å². The molecule has 0 radical (unpaired) electrons. The zero-order chi connectivity index (χ0) is 12.4. The first-order chi connectivity index (χ1) is 8.11. The summed E-state index contributed by atoms with van der Waals surface area (Å²) in [5.41, 5.74) is 0.489. The van der Waals surface area contributed by atoms with E-state index in [9.17, 15) is 13.6 Å². The van der Waals surface area contributed by atoms with Gasteiger partial charge in [-0.25, -0.2) is 8.78 Å². The molecule has 0 spiro atoms. The maximum atomic E-state index is 13.1. The minimum Gasteiger partial charge on any atom is -0.469 e. The van der Waals surface area contributed by atoms with E-state index in [1.165, 1.54) is 19.2 Å². The van der Waals surface area contributed by atoms with Crippen LogP contribution in [0, 0.1) is 17.6 Å². The molecular weight excluding hydrogens is 228 g/mol. The van der Waals surface area contributed by atoms with E-state index in [0.717, 1.165) is 6.07 Å². The van der Waals surface area contributed by atoms with Gasteiger partial charge in [0, 0.05) is 25.1 Å². The van der Waals surface area contributed by atoms with Crippen molar-refractivity contribution in [3.8, 4) is 0 Å². The van der Waals surface area contributed by atoms with Gasteiger partial charge in [-0.15, -0.1) is 0 Å². The van der Waals surface area contributed by atoms with Crippen LogP contribution in [0.2, 0.25) is 0 Å². The van der Waals surface area contributed by atoms with E-state index < -0.39 is 11.6 Å². The molecule has 1 aliphatic rings. The maximum absolute atomic E-state index is 13.1. The SMILES string of the molecule is COC(=O)C1CNCC1c1cc(F)cc(F)c1. The Morgan fingerprint density at radius 1 is 1.29 bits per heavy atom. The molecule has 0 saturated carbocycles. The maximum Gasteiger partial charge on any atom is 0.310 e. The summed E-state index contributed by atoms with van der Waals surface area (Å²) < 4.78 is 30.9. The average molecular weight is 241 g/mol. The van der Waals surface area contributed by atoms with Gasteiger partial charge in [-0.3, -0.25) is 4.79 Å². The molecule has 1 aliphatic heterocycles. The van der Waals surface area contributed by atoms with Crippen LogP contribution in [0.1, 0.15) is 11.5 Å². The van der Waals surface area contributed by atoms with E-state index in [4.69, 9.17) is 0 Å². The summed E-state index contributed by atoms with van der Waals surface area (Å²) in [6, 6.07) is 3.34. The van der Waals surface area contributed by atoms with E-state index >= 15 is 0 Å². The topological polar surface area (TPSA) is 38.3 Å². The molecule has 1 aromatic carbocycles. The second kappa shape index (κ2) is 4.79. The van der Waals surface area contributed by atoms with Gasteiger partial charge in [0.15, 0.2) is 0 Å². The fourth-order valence-corrected chi connectivity index (χ4v) is 2.22. The first-order valence-corrected chi connectivity index (χ1v) is 5.36. The number of nitrogens with one attached hydrogen (secondary N) is 1. The van der Waals surface area contributed by atoms with Gasteiger partial charge in [0.25, 0.3) is 0 Å². The number of esters is 1. The lowest BCUT2D eigenvalue weighted by molar-refractivity contribution is -0.145. The number of halogens is 2. The van der Waals surface area contributed by atoms with Gasteiger partial charge in [0.05, 0.1) is 13.0 Å². The van der Waals surface area contributed by atoms with Crippen LogP contribution in [0.25, 0.3) is 0 Å². The highest BCUT2D eigenvalue weighted by atomic mass is 19.1. The third-order valence-electron chi connectivity index (χ3n) is 3.03. The summed E-state index contributed by atoms with van der Waals surface area (Å²) in [4.78, 5) is 11.5. The molecule has 0 bridgehead atoms. The van der Waals surface area contributed by atoms with Crippen molar-refractivity contribution >= 4 is 5.97 Å². The summed E-state index contributed by atoms with van der Waals surface area (Å²) in [5.74, 6) is -2.25. The Hall–Kier alpha value is -1.49. The summed E-state index contributed by atoms with van der Waals surface area (Å²) in [6.45, 7) is 0.984. The lowest BCUT2D eigenvalue weighted by Crippen LogP contribution is -2.23. The molecule has 1 fully saturated rings. The standard InChI is InChI=1S/C12H13F2NO2/c1-17-12(16)11-6-15-5-10(11)7-2-8(13)4-9(14)3-7/h2-4,10-11,15H,5-6H2,1H3. The number of benzene rings is 1. The number of carbonyl (C=O) groups excluding carboxylic acids is 1.